The number of benzene rings is 1. The van der Waals surface area contributed by atoms with E-state index in [1.165, 1.54) is 7.11 Å². The van der Waals surface area contributed by atoms with Crippen LogP contribution in [0.25, 0.3) is 0 Å². The van der Waals surface area contributed by atoms with Crippen LogP contribution in [0.15, 0.2) is 24.3 Å². The summed E-state index contributed by atoms with van der Waals surface area (Å²) < 4.78 is 5.84. The maximum atomic E-state index is 11.3. The second-order valence-corrected chi connectivity index (χ2v) is 3.69. The van der Waals surface area contributed by atoms with Crippen LogP contribution in [-0.2, 0) is 4.74 Å². The highest BCUT2D eigenvalue weighted by molar-refractivity contribution is 14.1. The first-order valence-electron chi connectivity index (χ1n) is 3.76. The molecule has 70 valence electrons. The fourth-order valence-electron chi connectivity index (χ4n) is 0.841. The maximum absolute atomic E-state index is 11.3. The summed E-state index contributed by atoms with van der Waals surface area (Å²) in [7, 11) is 1.54. The van der Waals surface area contributed by atoms with Gasteiger partial charge in [0.15, 0.2) is 0 Å². The number of rotatable bonds is 3. The molecule has 0 saturated carbocycles. The van der Waals surface area contributed by atoms with Gasteiger partial charge in [0.25, 0.3) is 5.91 Å². The lowest BCUT2D eigenvalue weighted by atomic mass is 10.2. The Morgan fingerprint density at radius 1 is 1.46 bits per heavy atom. The van der Waals surface area contributed by atoms with Gasteiger partial charge in [0, 0.05) is 16.2 Å². The van der Waals surface area contributed by atoms with Crippen LogP contribution in [0.4, 0.5) is 0 Å². The van der Waals surface area contributed by atoms with Gasteiger partial charge in [0.05, 0.1) is 0 Å². The van der Waals surface area contributed by atoms with E-state index in [0.29, 0.717) is 5.56 Å². The number of ether oxygens (including phenoxy) is 1. The normalized spacial score (nSPS) is 9.69. The highest BCUT2D eigenvalue weighted by Gasteiger charge is 2.02. The molecule has 0 aliphatic carbocycles. The molecule has 13 heavy (non-hydrogen) atoms. The molecule has 0 atom stereocenters. The van der Waals surface area contributed by atoms with Crippen molar-refractivity contribution in [1.29, 1.82) is 0 Å². The van der Waals surface area contributed by atoms with Crippen LogP contribution >= 0.6 is 22.6 Å². The smallest absolute Gasteiger partial charge is 0.253 e. The average molecular weight is 291 g/mol. The lowest BCUT2D eigenvalue weighted by molar-refractivity contribution is 0.0872. The summed E-state index contributed by atoms with van der Waals surface area (Å²) in [6.45, 7) is 0.241. The Labute approximate surface area is 90.6 Å². The number of hydrogen-bond donors (Lipinski definition) is 1. The van der Waals surface area contributed by atoms with E-state index < -0.39 is 0 Å². The largest absolute Gasteiger partial charge is 0.364 e. The molecule has 0 unspecified atom stereocenters. The van der Waals surface area contributed by atoms with Crippen molar-refractivity contribution in [1.82, 2.24) is 5.32 Å². The zero-order chi connectivity index (χ0) is 9.68. The van der Waals surface area contributed by atoms with Gasteiger partial charge >= 0.3 is 0 Å². The third-order valence-electron chi connectivity index (χ3n) is 1.48. The van der Waals surface area contributed by atoms with Gasteiger partial charge in [-0.3, -0.25) is 4.79 Å². The van der Waals surface area contributed by atoms with Gasteiger partial charge < -0.3 is 10.1 Å². The predicted octanol–water partition coefficient (Wildman–Crippen LogP) is 1.62. The molecule has 0 aliphatic rings. The van der Waals surface area contributed by atoms with Crippen molar-refractivity contribution in [2.24, 2.45) is 0 Å². The fourth-order valence-corrected chi connectivity index (χ4v) is 1.20. The number of nitrogens with one attached hydrogen (secondary N) is 1. The Hall–Kier alpha value is -0.620. The van der Waals surface area contributed by atoms with Gasteiger partial charge in [-0.1, -0.05) is 0 Å². The van der Waals surface area contributed by atoms with Crippen LogP contribution in [-0.4, -0.2) is 19.7 Å². The molecule has 1 rings (SSSR count). The fraction of sp³-hybridized carbons (Fsp3) is 0.222. The van der Waals surface area contributed by atoms with Crippen LogP contribution in [0.1, 0.15) is 10.4 Å². The first-order valence-corrected chi connectivity index (χ1v) is 4.84. The number of carbonyl (C=O) groups is 1. The topological polar surface area (TPSA) is 38.3 Å². The van der Waals surface area contributed by atoms with Gasteiger partial charge in [0.1, 0.15) is 6.73 Å². The summed E-state index contributed by atoms with van der Waals surface area (Å²) in [5, 5.41) is 2.60. The SMILES string of the molecule is COCNC(=O)c1ccc(I)cc1. The maximum Gasteiger partial charge on any atom is 0.253 e. The summed E-state index contributed by atoms with van der Waals surface area (Å²) >= 11 is 2.19. The molecule has 0 heterocycles. The van der Waals surface area contributed by atoms with E-state index in [-0.39, 0.29) is 12.6 Å². The third-order valence-corrected chi connectivity index (χ3v) is 2.20. The number of amides is 1. The molecule has 0 fully saturated rings. The molecule has 1 aromatic carbocycles. The summed E-state index contributed by atoms with van der Waals surface area (Å²) in [6, 6.07) is 7.35. The summed E-state index contributed by atoms with van der Waals surface area (Å²) in [5.74, 6) is -0.113. The van der Waals surface area contributed by atoms with E-state index >= 15 is 0 Å². The Morgan fingerprint density at radius 2 is 2.08 bits per heavy atom. The van der Waals surface area contributed by atoms with Gasteiger partial charge in [0.2, 0.25) is 0 Å². The highest BCUT2D eigenvalue weighted by Crippen LogP contribution is 2.06. The van der Waals surface area contributed by atoms with Gasteiger partial charge in [-0.15, -0.1) is 0 Å². The minimum atomic E-state index is -0.113. The molecule has 3 nitrogen and oxygen atoms in total. The van der Waals surface area contributed by atoms with Crippen LogP contribution < -0.4 is 5.32 Å². The Bertz CT molecular complexity index is 284. The third kappa shape index (κ3) is 3.31. The number of methoxy groups -OCH3 is 1. The van der Waals surface area contributed by atoms with E-state index in [0.717, 1.165) is 3.57 Å². The predicted molar refractivity (Wildman–Crippen MR) is 58.5 cm³/mol. The van der Waals surface area contributed by atoms with Crippen LogP contribution in [0.3, 0.4) is 0 Å². The van der Waals surface area contributed by atoms with Crippen molar-refractivity contribution < 1.29 is 9.53 Å². The highest BCUT2D eigenvalue weighted by atomic mass is 127. The molecular weight excluding hydrogens is 281 g/mol. The second-order valence-electron chi connectivity index (χ2n) is 2.45. The van der Waals surface area contributed by atoms with Crippen molar-refractivity contribution in [2.45, 2.75) is 0 Å². The van der Waals surface area contributed by atoms with Crippen LogP contribution in [0.2, 0.25) is 0 Å². The average Bonchev–Trinajstić information content (AvgIpc) is 2.15. The molecule has 0 saturated heterocycles. The van der Waals surface area contributed by atoms with Crippen LogP contribution in [0, 0.1) is 3.57 Å². The molecule has 0 aromatic heterocycles. The van der Waals surface area contributed by atoms with Gasteiger partial charge in [-0.05, 0) is 46.9 Å². The molecule has 4 heteroatoms. The van der Waals surface area contributed by atoms with E-state index in [1.54, 1.807) is 12.1 Å². The molecule has 0 bridgehead atoms. The van der Waals surface area contributed by atoms with Crippen molar-refractivity contribution in [2.75, 3.05) is 13.8 Å². The van der Waals surface area contributed by atoms with E-state index in [1.807, 2.05) is 12.1 Å². The van der Waals surface area contributed by atoms with E-state index in [2.05, 4.69) is 27.9 Å². The Morgan fingerprint density at radius 3 is 2.62 bits per heavy atom. The molecule has 0 aliphatic heterocycles. The molecule has 1 aromatic rings. The van der Waals surface area contributed by atoms with Crippen molar-refractivity contribution in [3.05, 3.63) is 33.4 Å². The summed E-state index contributed by atoms with van der Waals surface area (Å²) in [6.07, 6.45) is 0. The molecule has 1 N–H and O–H groups in total. The van der Waals surface area contributed by atoms with Crippen molar-refractivity contribution in [3.63, 3.8) is 0 Å². The van der Waals surface area contributed by atoms with Crippen molar-refractivity contribution in [3.8, 4) is 0 Å². The molecule has 0 spiro atoms. The molecule has 1 amide bonds. The molecule has 0 radical (unpaired) electrons. The Kier molecular flexibility index (Phi) is 4.17. The second kappa shape index (κ2) is 5.18. The Balaban J connectivity index is 2.61. The van der Waals surface area contributed by atoms with Crippen LogP contribution in [0.5, 0.6) is 0 Å². The van der Waals surface area contributed by atoms with E-state index in [9.17, 15) is 4.79 Å². The summed E-state index contributed by atoms with van der Waals surface area (Å²) in [5.41, 5.74) is 0.650. The minimum Gasteiger partial charge on any atom is -0.364 e. The number of carbonyl (C=O) groups excluding carboxylic acids is 1. The first kappa shape index (κ1) is 10.5. The minimum absolute atomic E-state index is 0.113. The number of halogens is 1. The zero-order valence-corrected chi connectivity index (χ0v) is 9.37. The quantitative estimate of drug-likeness (QED) is 0.679. The summed E-state index contributed by atoms with van der Waals surface area (Å²) in [4.78, 5) is 11.3. The van der Waals surface area contributed by atoms with Crippen molar-refractivity contribution >= 4 is 28.5 Å². The zero-order valence-electron chi connectivity index (χ0n) is 7.21. The standard InChI is InChI=1S/C9H10INO2/c1-13-6-11-9(12)7-2-4-8(10)5-3-7/h2-5H,6H2,1H3,(H,11,12). The lowest BCUT2D eigenvalue weighted by Gasteiger charge is -2.02. The number of hydrogen-bond acceptors (Lipinski definition) is 2. The van der Waals surface area contributed by atoms with Gasteiger partial charge in [-0.25, -0.2) is 0 Å². The lowest BCUT2D eigenvalue weighted by Crippen LogP contribution is -2.25. The van der Waals surface area contributed by atoms with Gasteiger partial charge in [-0.2, -0.15) is 0 Å². The van der Waals surface area contributed by atoms with E-state index in [4.69, 9.17) is 4.74 Å². The monoisotopic (exact) mass is 291 g/mol. The molecular formula is C9H10INO2. The first-order chi connectivity index (χ1) is 6.24.